The molecule has 1 saturated heterocycles. The quantitative estimate of drug-likeness (QED) is 0.498. The van der Waals surface area contributed by atoms with E-state index in [1.165, 1.54) is 11.1 Å². The van der Waals surface area contributed by atoms with Gasteiger partial charge in [0.1, 0.15) is 6.54 Å². The molecule has 2 aromatic carbocycles. The molecule has 0 atom stereocenters. The molecule has 0 spiro atoms. The number of carbonyl (C=O) groups is 2. The molecule has 1 aromatic heterocycles. The summed E-state index contributed by atoms with van der Waals surface area (Å²) in [6.45, 7) is 3.70. The molecular weight excluding hydrogens is 523 g/mol. The molecule has 2 amide bonds. The zero-order valence-electron chi connectivity index (χ0n) is 21.0. The van der Waals surface area contributed by atoms with Gasteiger partial charge in [0.05, 0.1) is 16.9 Å². The van der Waals surface area contributed by atoms with E-state index >= 15 is 0 Å². The second-order valence-electron chi connectivity index (χ2n) is 9.93. The Morgan fingerprint density at radius 1 is 1.08 bits per heavy atom. The van der Waals surface area contributed by atoms with Gasteiger partial charge in [-0.05, 0) is 55.1 Å². The number of nitrogens with one attached hydrogen (secondary N) is 2. The average Bonchev–Trinajstić information content (AvgIpc) is 3.24. The van der Waals surface area contributed by atoms with Gasteiger partial charge in [0.2, 0.25) is 11.9 Å². The fraction of sp³-hybridized carbons (Fsp3) is 0.357. The normalized spacial score (nSPS) is 17.0. The standard InChI is InChI=1S/C28H29ClN6O2.ClH/c29-24-14-31-28(32-22-7-10-30-11-8-22)33-26(24)19-5-6-21-16-35(27(37)23(21)13-19)17-25(36)34-12-9-18-3-1-2-4-20(18)15-34;/h1-6,13-14,22,30H,7-12,15-17H2,(H,31,32,33);1H. The topological polar surface area (TPSA) is 90.5 Å². The van der Waals surface area contributed by atoms with Gasteiger partial charge in [-0.3, -0.25) is 9.59 Å². The Bertz CT molecular complexity index is 1360. The molecule has 0 radical (unpaired) electrons. The molecule has 3 aliphatic heterocycles. The molecule has 1 fully saturated rings. The van der Waals surface area contributed by atoms with Gasteiger partial charge < -0.3 is 20.4 Å². The van der Waals surface area contributed by atoms with Gasteiger partial charge in [-0.2, -0.15) is 0 Å². The molecule has 4 heterocycles. The highest BCUT2D eigenvalue weighted by atomic mass is 35.5. The Kier molecular flexibility index (Phi) is 7.83. The maximum atomic E-state index is 13.3. The Labute approximate surface area is 233 Å². The van der Waals surface area contributed by atoms with Crippen LogP contribution in [0, 0.1) is 0 Å². The van der Waals surface area contributed by atoms with Crippen LogP contribution >= 0.6 is 24.0 Å². The molecule has 6 rings (SSSR count). The number of hydrogen-bond donors (Lipinski definition) is 2. The van der Waals surface area contributed by atoms with Crippen molar-refractivity contribution >= 4 is 41.8 Å². The van der Waals surface area contributed by atoms with Gasteiger partial charge in [-0.1, -0.05) is 48.0 Å². The van der Waals surface area contributed by atoms with E-state index < -0.39 is 0 Å². The van der Waals surface area contributed by atoms with E-state index in [-0.39, 0.29) is 30.8 Å². The fourth-order valence-electron chi connectivity index (χ4n) is 5.40. The van der Waals surface area contributed by atoms with Crippen LogP contribution in [0.5, 0.6) is 0 Å². The SMILES string of the molecule is Cl.O=C(CN1Cc2ccc(-c3nc(NC4CCNCC4)ncc3Cl)cc2C1=O)N1CCc2ccccc2C1. The summed E-state index contributed by atoms with van der Waals surface area (Å²) >= 11 is 6.47. The van der Waals surface area contributed by atoms with E-state index in [1.54, 1.807) is 11.1 Å². The molecule has 0 aliphatic carbocycles. The number of anilines is 1. The number of hydrogen-bond acceptors (Lipinski definition) is 6. The van der Waals surface area contributed by atoms with Crippen molar-refractivity contribution in [1.82, 2.24) is 25.1 Å². The number of carbonyl (C=O) groups excluding carboxylic acids is 2. The molecule has 0 bridgehead atoms. The summed E-state index contributed by atoms with van der Waals surface area (Å²) in [6.07, 6.45) is 4.46. The molecule has 2 N–H and O–H groups in total. The summed E-state index contributed by atoms with van der Waals surface area (Å²) in [6, 6.07) is 14.2. The van der Waals surface area contributed by atoms with Crippen LogP contribution in [-0.4, -0.2) is 63.8 Å². The lowest BCUT2D eigenvalue weighted by Gasteiger charge is -2.30. The van der Waals surface area contributed by atoms with Gasteiger partial charge in [-0.15, -0.1) is 12.4 Å². The second kappa shape index (κ2) is 11.3. The predicted molar refractivity (Wildman–Crippen MR) is 150 cm³/mol. The largest absolute Gasteiger partial charge is 0.351 e. The van der Waals surface area contributed by atoms with Crippen molar-refractivity contribution in [3.05, 3.63) is 75.9 Å². The van der Waals surface area contributed by atoms with E-state index in [0.717, 1.165) is 43.5 Å². The molecule has 0 unspecified atom stereocenters. The van der Waals surface area contributed by atoms with Crippen LogP contribution < -0.4 is 10.6 Å². The van der Waals surface area contributed by atoms with Gasteiger partial charge >= 0.3 is 0 Å². The number of rotatable bonds is 5. The summed E-state index contributed by atoms with van der Waals surface area (Å²) in [5.74, 6) is 0.373. The van der Waals surface area contributed by atoms with Crippen LogP contribution in [0.25, 0.3) is 11.3 Å². The van der Waals surface area contributed by atoms with E-state index in [9.17, 15) is 9.59 Å². The summed E-state index contributed by atoms with van der Waals surface area (Å²) < 4.78 is 0. The summed E-state index contributed by atoms with van der Waals surface area (Å²) in [4.78, 5) is 38.9. The third-order valence-electron chi connectivity index (χ3n) is 7.49. The van der Waals surface area contributed by atoms with Crippen molar-refractivity contribution in [3.8, 4) is 11.3 Å². The Hall–Kier alpha value is -3.20. The minimum Gasteiger partial charge on any atom is -0.351 e. The number of benzene rings is 2. The highest BCUT2D eigenvalue weighted by Crippen LogP contribution is 2.32. The zero-order chi connectivity index (χ0) is 25.4. The minimum absolute atomic E-state index is 0. The maximum Gasteiger partial charge on any atom is 0.254 e. The first-order valence-corrected chi connectivity index (χ1v) is 13.2. The highest BCUT2D eigenvalue weighted by Gasteiger charge is 2.31. The van der Waals surface area contributed by atoms with Gasteiger partial charge in [-0.25, -0.2) is 9.97 Å². The Morgan fingerprint density at radius 3 is 2.68 bits per heavy atom. The van der Waals surface area contributed by atoms with E-state index in [2.05, 4.69) is 32.7 Å². The van der Waals surface area contributed by atoms with Crippen LogP contribution in [0.2, 0.25) is 5.02 Å². The number of nitrogens with zero attached hydrogens (tertiary/aromatic N) is 4. The smallest absolute Gasteiger partial charge is 0.254 e. The minimum atomic E-state index is -0.138. The first-order chi connectivity index (χ1) is 18.0. The van der Waals surface area contributed by atoms with E-state index in [4.69, 9.17) is 11.6 Å². The summed E-state index contributed by atoms with van der Waals surface area (Å²) in [7, 11) is 0. The number of aromatic nitrogens is 2. The summed E-state index contributed by atoms with van der Waals surface area (Å²) in [5, 5.41) is 7.19. The fourth-order valence-corrected chi connectivity index (χ4v) is 5.60. The summed E-state index contributed by atoms with van der Waals surface area (Å²) in [5.41, 5.74) is 5.32. The lowest BCUT2D eigenvalue weighted by Crippen LogP contribution is -2.42. The number of amides is 2. The lowest BCUT2D eigenvalue weighted by atomic mass is 10.00. The monoisotopic (exact) mass is 552 g/mol. The maximum absolute atomic E-state index is 13.3. The van der Waals surface area contributed by atoms with E-state index in [0.29, 0.717) is 47.9 Å². The first-order valence-electron chi connectivity index (χ1n) is 12.8. The Morgan fingerprint density at radius 2 is 1.87 bits per heavy atom. The number of halogens is 2. The molecule has 38 heavy (non-hydrogen) atoms. The Balaban J connectivity index is 0.00000294. The van der Waals surface area contributed by atoms with Crippen molar-refractivity contribution in [2.24, 2.45) is 0 Å². The predicted octanol–water partition coefficient (Wildman–Crippen LogP) is 3.92. The number of piperidine rings is 1. The first kappa shape index (κ1) is 26.4. The highest BCUT2D eigenvalue weighted by molar-refractivity contribution is 6.33. The molecular formula is C28H30Cl2N6O2. The molecule has 0 saturated carbocycles. The molecule has 8 nitrogen and oxygen atoms in total. The van der Waals surface area contributed by atoms with Crippen LogP contribution in [0.4, 0.5) is 5.95 Å². The van der Waals surface area contributed by atoms with Crippen LogP contribution in [-0.2, 0) is 24.3 Å². The van der Waals surface area contributed by atoms with E-state index in [1.807, 2.05) is 35.2 Å². The van der Waals surface area contributed by atoms with Gasteiger partial charge in [0, 0.05) is 36.8 Å². The lowest BCUT2D eigenvalue weighted by molar-refractivity contribution is -0.132. The van der Waals surface area contributed by atoms with Crippen molar-refractivity contribution in [2.75, 3.05) is 31.5 Å². The third kappa shape index (κ3) is 5.34. The molecule has 10 heteroatoms. The van der Waals surface area contributed by atoms with Crippen molar-refractivity contribution in [2.45, 2.75) is 38.4 Å². The van der Waals surface area contributed by atoms with Crippen molar-refractivity contribution in [1.29, 1.82) is 0 Å². The second-order valence-corrected chi connectivity index (χ2v) is 10.3. The van der Waals surface area contributed by atoms with Crippen LogP contribution in [0.1, 0.15) is 39.9 Å². The third-order valence-corrected chi connectivity index (χ3v) is 7.76. The van der Waals surface area contributed by atoms with Crippen LogP contribution in [0.3, 0.4) is 0 Å². The van der Waals surface area contributed by atoms with Crippen LogP contribution in [0.15, 0.2) is 48.7 Å². The molecule has 198 valence electrons. The molecule has 3 aliphatic rings. The zero-order valence-corrected chi connectivity index (χ0v) is 22.5. The van der Waals surface area contributed by atoms with Crippen molar-refractivity contribution < 1.29 is 9.59 Å². The molecule has 3 aromatic rings. The average molecular weight is 553 g/mol. The number of fused-ring (bicyclic) bond motifs is 2. The van der Waals surface area contributed by atoms with Crippen molar-refractivity contribution in [3.63, 3.8) is 0 Å². The van der Waals surface area contributed by atoms with Gasteiger partial charge in [0.25, 0.3) is 5.91 Å². The van der Waals surface area contributed by atoms with Gasteiger partial charge in [0.15, 0.2) is 0 Å².